The summed E-state index contributed by atoms with van der Waals surface area (Å²) in [4.78, 5) is 10.6. The summed E-state index contributed by atoms with van der Waals surface area (Å²) in [6, 6.07) is 14.4. The Labute approximate surface area is 209 Å². The Kier molecular flexibility index (Phi) is 6.06. The SMILES string of the molecule is CC1(C)OC[C@H]([C@H]2OP(=O)(c3ccccc3)[C@@](C)(Oc3ccc([N+](=O)[O-])cc3)[C@H]3OC(C)(C)O[C@@H]23)O1. The number of hydrogen-bond donors (Lipinski definition) is 0. The summed E-state index contributed by atoms with van der Waals surface area (Å²) in [6.45, 7) is 9.08. The average Bonchev–Trinajstić information content (AvgIpc) is 3.36. The van der Waals surface area contributed by atoms with Gasteiger partial charge in [-0.15, -0.1) is 0 Å². The van der Waals surface area contributed by atoms with Crippen molar-refractivity contribution in [2.75, 3.05) is 6.61 Å². The molecule has 2 aromatic rings. The molecule has 5 rings (SSSR count). The molecule has 0 spiro atoms. The van der Waals surface area contributed by atoms with E-state index in [1.54, 1.807) is 45.0 Å². The Morgan fingerprint density at radius 3 is 2.17 bits per heavy atom. The smallest absolute Gasteiger partial charge is 0.277 e. The fraction of sp³-hybridized carbons (Fsp3) is 0.520. The molecule has 3 aliphatic rings. The van der Waals surface area contributed by atoms with Crippen LogP contribution in [-0.4, -0.2) is 52.9 Å². The summed E-state index contributed by atoms with van der Waals surface area (Å²) in [6.07, 6.45) is -2.82. The number of rotatable bonds is 5. The van der Waals surface area contributed by atoms with Gasteiger partial charge in [0.05, 0.1) is 11.5 Å². The van der Waals surface area contributed by atoms with E-state index >= 15 is 4.57 Å². The van der Waals surface area contributed by atoms with E-state index in [2.05, 4.69) is 0 Å². The zero-order valence-electron chi connectivity index (χ0n) is 20.8. The number of ether oxygens (including phenoxy) is 5. The van der Waals surface area contributed by atoms with Crippen LogP contribution in [0.25, 0.3) is 0 Å². The van der Waals surface area contributed by atoms with Crippen molar-refractivity contribution in [1.29, 1.82) is 0 Å². The van der Waals surface area contributed by atoms with Crippen molar-refractivity contribution in [3.63, 3.8) is 0 Å². The number of nitro groups is 1. The largest absolute Gasteiger partial charge is 0.474 e. The minimum Gasteiger partial charge on any atom is -0.474 e. The number of nitrogens with zero attached hydrogens (tertiary/aromatic N) is 1. The predicted octanol–water partition coefficient (Wildman–Crippen LogP) is 4.36. The Morgan fingerprint density at radius 2 is 1.58 bits per heavy atom. The number of non-ortho nitro benzene ring substituents is 1. The number of fused-ring (bicyclic) bond motifs is 1. The molecule has 0 radical (unpaired) electrons. The third-order valence-electron chi connectivity index (χ3n) is 6.70. The third kappa shape index (κ3) is 4.26. The normalized spacial score (nSPS) is 36.8. The van der Waals surface area contributed by atoms with Crippen LogP contribution in [0.3, 0.4) is 0 Å². The number of hydrogen-bond acceptors (Lipinski definition) is 9. The van der Waals surface area contributed by atoms with E-state index < -0.39 is 53.6 Å². The Hall–Kier alpha value is -2.33. The molecule has 0 bridgehead atoms. The standard InChI is InChI=1S/C25H30NO9P/c1-23(2)30-15-19(32-23)20-21-22(34-24(3,4)33-21)25(5,31-17-13-11-16(12-14-17)26(27)28)36(29,35-20)18-9-7-6-8-10-18/h6-14,19-22H,15H2,1-5H3/t19-,20-,21+,22+,25-,36?/m1/s1. The van der Waals surface area contributed by atoms with Crippen molar-refractivity contribution in [3.8, 4) is 5.75 Å². The molecule has 3 saturated heterocycles. The summed E-state index contributed by atoms with van der Waals surface area (Å²) in [7, 11) is -3.86. The van der Waals surface area contributed by atoms with Crippen molar-refractivity contribution in [2.45, 2.75) is 76.0 Å². The van der Waals surface area contributed by atoms with Crippen LogP contribution in [0.4, 0.5) is 5.69 Å². The van der Waals surface area contributed by atoms with Crippen molar-refractivity contribution in [1.82, 2.24) is 0 Å². The Morgan fingerprint density at radius 1 is 0.917 bits per heavy atom. The van der Waals surface area contributed by atoms with Crippen LogP contribution in [-0.2, 0) is 28.0 Å². The van der Waals surface area contributed by atoms with Gasteiger partial charge in [0.2, 0.25) is 5.34 Å². The second-order valence-corrected chi connectivity index (χ2v) is 13.0. The number of nitro benzene ring substituents is 1. The van der Waals surface area contributed by atoms with E-state index in [1.165, 1.54) is 24.3 Å². The van der Waals surface area contributed by atoms with E-state index in [9.17, 15) is 10.1 Å². The monoisotopic (exact) mass is 519 g/mol. The van der Waals surface area contributed by atoms with Gasteiger partial charge in [-0.1, -0.05) is 18.2 Å². The van der Waals surface area contributed by atoms with E-state index in [-0.39, 0.29) is 18.0 Å². The third-order valence-corrected chi connectivity index (χ3v) is 9.73. The second kappa shape index (κ2) is 8.62. The summed E-state index contributed by atoms with van der Waals surface area (Å²) in [5, 5.41) is 10.0. The van der Waals surface area contributed by atoms with Gasteiger partial charge in [-0.3, -0.25) is 14.7 Å². The molecule has 0 aliphatic carbocycles. The fourth-order valence-corrected chi connectivity index (χ4v) is 7.81. The van der Waals surface area contributed by atoms with Gasteiger partial charge in [0, 0.05) is 17.4 Å². The zero-order chi connectivity index (χ0) is 25.9. The molecule has 0 amide bonds. The first kappa shape index (κ1) is 25.3. The van der Waals surface area contributed by atoms with E-state index in [4.69, 9.17) is 28.2 Å². The quantitative estimate of drug-likeness (QED) is 0.323. The molecule has 3 aliphatic heterocycles. The van der Waals surface area contributed by atoms with Crippen LogP contribution >= 0.6 is 7.37 Å². The highest BCUT2D eigenvalue weighted by Gasteiger charge is 2.70. The molecule has 3 fully saturated rings. The number of benzene rings is 2. The maximum Gasteiger partial charge on any atom is 0.277 e. The van der Waals surface area contributed by atoms with Gasteiger partial charge in [0.15, 0.2) is 11.6 Å². The average molecular weight is 519 g/mol. The minimum absolute atomic E-state index is 0.0841. The first-order valence-electron chi connectivity index (χ1n) is 11.8. The second-order valence-electron chi connectivity index (χ2n) is 10.3. The van der Waals surface area contributed by atoms with Crippen molar-refractivity contribution in [2.24, 2.45) is 0 Å². The van der Waals surface area contributed by atoms with Gasteiger partial charge in [0.25, 0.3) is 13.1 Å². The molecule has 0 N–H and O–H groups in total. The van der Waals surface area contributed by atoms with Gasteiger partial charge in [-0.2, -0.15) is 0 Å². The van der Waals surface area contributed by atoms with Crippen LogP contribution in [0.5, 0.6) is 5.75 Å². The molecule has 10 nitrogen and oxygen atoms in total. The molecular formula is C25H30NO9P. The van der Waals surface area contributed by atoms with E-state index in [1.807, 2.05) is 19.9 Å². The van der Waals surface area contributed by atoms with Gasteiger partial charge >= 0.3 is 0 Å². The van der Waals surface area contributed by atoms with Gasteiger partial charge < -0.3 is 28.2 Å². The van der Waals surface area contributed by atoms with E-state index in [0.717, 1.165) is 0 Å². The van der Waals surface area contributed by atoms with Gasteiger partial charge in [0.1, 0.15) is 30.2 Å². The molecule has 36 heavy (non-hydrogen) atoms. The topological polar surface area (TPSA) is 116 Å². The maximum atomic E-state index is 15.1. The molecule has 11 heteroatoms. The van der Waals surface area contributed by atoms with Crippen molar-refractivity contribution < 1.29 is 37.7 Å². The molecule has 0 aromatic heterocycles. The summed E-state index contributed by atoms with van der Waals surface area (Å²) < 4.78 is 52.5. The predicted molar refractivity (Wildman–Crippen MR) is 129 cm³/mol. The highest BCUT2D eigenvalue weighted by Crippen LogP contribution is 2.67. The van der Waals surface area contributed by atoms with Crippen molar-refractivity contribution in [3.05, 3.63) is 64.7 Å². The van der Waals surface area contributed by atoms with E-state index in [0.29, 0.717) is 5.30 Å². The first-order valence-corrected chi connectivity index (χ1v) is 13.4. The maximum absolute atomic E-state index is 15.1. The first-order chi connectivity index (χ1) is 16.8. The molecule has 194 valence electrons. The zero-order valence-corrected chi connectivity index (χ0v) is 21.7. The van der Waals surface area contributed by atoms with Crippen LogP contribution in [0.2, 0.25) is 0 Å². The summed E-state index contributed by atoms with van der Waals surface area (Å²) in [5.41, 5.74) is -0.0841. The molecule has 3 heterocycles. The van der Waals surface area contributed by atoms with Crippen LogP contribution in [0.1, 0.15) is 34.6 Å². The molecule has 0 saturated carbocycles. The van der Waals surface area contributed by atoms with Crippen molar-refractivity contribution >= 4 is 18.4 Å². The van der Waals surface area contributed by atoms with Gasteiger partial charge in [-0.25, -0.2) is 0 Å². The summed E-state index contributed by atoms with van der Waals surface area (Å²) in [5.74, 6) is -1.56. The highest BCUT2D eigenvalue weighted by atomic mass is 31.2. The van der Waals surface area contributed by atoms with Gasteiger partial charge in [-0.05, 0) is 58.9 Å². The molecule has 2 aromatic carbocycles. The molecule has 1 unspecified atom stereocenters. The Balaban J connectivity index is 1.61. The van der Waals surface area contributed by atoms with Crippen LogP contribution < -0.4 is 10.0 Å². The van der Waals surface area contributed by atoms with Crippen LogP contribution in [0.15, 0.2) is 54.6 Å². The highest BCUT2D eigenvalue weighted by molar-refractivity contribution is 7.68. The lowest BCUT2D eigenvalue weighted by Gasteiger charge is -2.49. The lowest BCUT2D eigenvalue weighted by atomic mass is 9.99. The summed E-state index contributed by atoms with van der Waals surface area (Å²) >= 11 is 0. The lowest BCUT2D eigenvalue weighted by molar-refractivity contribution is -0.384. The lowest BCUT2D eigenvalue weighted by Crippen LogP contribution is -2.62. The molecule has 6 atom stereocenters. The van der Waals surface area contributed by atoms with Crippen LogP contribution in [0, 0.1) is 10.1 Å². The molecular weight excluding hydrogens is 489 g/mol. The Bertz CT molecular complexity index is 1190. The minimum atomic E-state index is -3.86. The fourth-order valence-electron chi connectivity index (χ4n) is 5.04.